The normalized spacial score (nSPS) is 12.2. The third kappa shape index (κ3) is 11.2. The summed E-state index contributed by atoms with van der Waals surface area (Å²) in [6, 6.07) is 12.6. The van der Waals surface area contributed by atoms with Gasteiger partial charge < -0.3 is 24.3 Å². The quantitative estimate of drug-likeness (QED) is 0.221. The van der Waals surface area contributed by atoms with Crippen molar-refractivity contribution in [3.05, 3.63) is 65.2 Å². The number of ketones is 1. The van der Waals surface area contributed by atoms with E-state index in [1.807, 2.05) is 0 Å². The van der Waals surface area contributed by atoms with Gasteiger partial charge in [-0.2, -0.15) is 0 Å². The van der Waals surface area contributed by atoms with Crippen LogP contribution in [0.5, 0.6) is 5.75 Å². The number of ether oxygens (including phenoxy) is 4. The number of carbonyl (C=O) groups excluding carboxylic acids is 4. The van der Waals surface area contributed by atoms with Crippen LogP contribution in [0.3, 0.4) is 0 Å². The third-order valence-electron chi connectivity index (χ3n) is 4.61. The van der Waals surface area contributed by atoms with Gasteiger partial charge in [-0.1, -0.05) is 24.3 Å². The van der Waals surface area contributed by atoms with Crippen molar-refractivity contribution in [2.24, 2.45) is 0 Å². The molecule has 9 heteroatoms. The molecule has 1 N–H and O–H groups in total. The Labute approximate surface area is 217 Å². The summed E-state index contributed by atoms with van der Waals surface area (Å²) in [5, 5.41) is 2.72. The fourth-order valence-electron chi connectivity index (χ4n) is 3.13. The van der Waals surface area contributed by atoms with Gasteiger partial charge >= 0.3 is 18.2 Å². The van der Waals surface area contributed by atoms with E-state index >= 15 is 0 Å². The number of hydrogen-bond acceptors (Lipinski definition) is 8. The van der Waals surface area contributed by atoms with Crippen molar-refractivity contribution in [3.63, 3.8) is 0 Å². The molecular weight excluding hydrogens is 478 g/mol. The highest BCUT2D eigenvalue weighted by atomic mass is 16.7. The summed E-state index contributed by atoms with van der Waals surface area (Å²) in [5.41, 5.74) is 0.361. The Morgan fingerprint density at radius 3 is 1.78 bits per heavy atom. The molecule has 0 unspecified atom stereocenters. The molecule has 0 saturated carbocycles. The summed E-state index contributed by atoms with van der Waals surface area (Å²) in [6.07, 6.45) is -1.08. The van der Waals surface area contributed by atoms with Crippen LogP contribution in [0.4, 0.5) is 9.59 Å². The largest absolute Gasteiger partial charge is 0.514 e. The monoisotopic (exact) mass is 513 g/mol. The summed E-state index contributed by atoms with van der Waals surface area (Å²) in [7, 11) is 0. The first-order chi connectivity index (χ1) is 17.1. The lowest BCUT2D eigenvalue weighted by atomic mass is 9.99. The van der Waals surface area contributed by atoms with Gasteiger partial charge in [0, 0.05) is 18.1 Å². The van der Waals surface area contributed by atoms with E-state index < -0.39 is 35.5 Å². The molecule has 0 bridgehead atoms. The average Bonchev–Trinajstić information content (AvgIpc) is 2.75. The standard InChI is InChI=1S/C28H35NO8/c1-18(30)34-17-22(29-25(32)36-27(2,3)4)16-19-8-10-20(11-9-19)24(31)21-12-14-23(15-13-21)35-26(33)37-28(5,6)7/h8-15,22H,16-17H2,1-7H3,(H,29,32)/t22-/m1/s1. The maximum absolute atomic E-state index is 12.9. The van der Waals surface area contributed by atoms with Gasteiger partial charge in [0.1, 0.15) is 23.6 Å². The molecule has 0 aliphatic heterocycles. The van der Waals surface area contributed by atoms with Gasteiger partial charge in [-0.3, -0.25) is 9.59 Å². The van der Waals surface area contributed by atoms with Gasteiger partial charge in [-0.15, -0.1) is 0 Å². The molecule has 0 spiro atoms. The van der Waals surface area contributed by atoms with Crippen LogP contribution in [0.15, 0.2) is 48.5 Å². The van der Waals surface area contributed by atoms with Crippen molar-refractivity contribution >= 4 is 24.0 Å². The fourth-order valence-corrected chi connectivity index (χ4v) is 3.13. The van der Waals surface area contributed by atoms with Crippen LogP contribution in [-0.4, -0.2) is 47.9 Å². The Morgan fingerprint density at radius 2 is 1.30 bits per heavy atom. The van der Waals surface area contributed by atoms with Gasteiger partial charge in [0.2, 0.25) is 0 Å². The number of amides is 1. The maximum atomic E-state index is 12.9. The topological polar surface area (TPSA) is 117 Å². The molecule has 0 saturated heterocycles. The van der Waals surface area contributed by atoms with Crippen LogP contribution in [0.1, 0.15) is 70.0 Å². The van der Waals surface area contributed by atoms with Crippen LogP contribution in [0, 0.1) is 0 Å². The molecule has 2 rings (SSSR count). The van der Waals surface area contributed by atoms with E-state index in [0.29, 0.717) is 17.5 Å². The highest BCUT2D eigenvalue weighted by Crippen LogP contribution is 2.18. The van der Waals surface area contributed by atoms with Crippen LogP contribution >= 0.6 is 0 Å². The van der Waals surface area contributed by atoms with Crippen LogP contribution in [0.25, 0.3) is 0 Å². The summed E-state index contributed by atoms with van der Waals surface area (Å²) >= 11 is 0. The number of carbonyl (C=O) groups is 4. The summed E-state index contributed by atoms with van der Waals surface area (Å²) in [4.78, 5) is 48.2. The van der Waals surface area contributed by atoms with Crippen LogP contribution in [-0.2, 0) is 25.4 Å². The molecule has 37 heavy (non-hydrogen) atoms. The molecule has 2 aromatic carbocycles. The zero-order chi connectivity index (χ0) is 27.8. The average molecular weight is 514 g/mol. The first-order valence-corrected chi connectivity index (χ1v) is 11.9. The van der Waals surface area contributed by atoms with E-state index in [4.69, 9.17) is 18.9 Å². The van der Waals surface area contributed by atoms with Crippen molar-refractivity contribution in [2.45, 2.75) is 72.1 Å². The van der Waals surface area contributed by atoms with Crippen molar-refractivity contribution in [1.29, 1.82) is 0 Å². The Hall–Kier alpha value is -3.88. The molecular formula is C28H35NO8. The maximum Gasteiger partial charge on any atom is 0.514 e. The van der Waals surface area contributed by atoms with Crippen molar-refractivity contribution in [2.75, 3.05) is 6.61 Å². The van der Waals surface area contributed by atoms with Crippen molar-refractivity contribution in [3.8, 4) is 5.75 Å². The molecule has 2 aromatic rings. The number of nitrogens with one attached hydrogen (secondary N) is 1. The van der Waals surface area contributed by atoms with Crippen molar-refractivity contribution in [1.82, 2.24) is 5.32 Å². The van der Waals surface area contributed by atoms with Crippen LogP contribution in [0.2, 0.25) is 0 Å². The summed E-state index contributed by atoms with van der Waals surface area (Å²) < 4.78 is 20.6. The number of esters is 1. The van der Waals surface area contributed by atoms with E-state index in [2.05, 4.69) is 5.32 Å². The number of hydrogen-bond donors (Lipinski definition) is 1. The fraction of sp³-hybridized carbons (Fsp3) is 0.429. The molecule has 1 amide bonds. The Balaban J connectivity index is 2.04. The Morgan fingerprint density at radius 1 is 0.784 bits per heavy atom. The smallest absolute Gasteiger partial charge is 0.464 e. The second-order valence-corrected chi connectivity index (χ2v) is 10.5. The minimum atomic E-state index is -0.824. The highest BCUT2D eigenvalue weighted by Gasteiger charge is 2.21. The predicted molar refractivity (Wildman–Crippen MR) is 137 cm³/mol. The molecule has 0 radical (unpaired) electrons. The molecule has 0 aliphatic carbocycles. The Kier molecular flexibility index (Phi) is 9.82. The first kappa shape index (κ1) is 29.4. The zero-order valence-electron chi connectivity index (χ0n) is 22.4. The van der Waals surface area contributed by atoms with Gasteiger partial charge in [-0.05, 0) is 77.8 Å². The van der Waals surface area contributed by atoms with Gasteiger partial charge in [0.05, 0.1) is 6.04 Å². The predicted octanol–water partition coefficient (Wildman–Crippen LogP) is 5.23. The SMILES string of the molecule is CC(=O)OC[C@@H](Cc1ccc(C(=O)c2ccc(OC(=O)OC(C)(C)C)cc2)cc1)NC(=O)OC(C)(C)C. The lowest BCUT2D eigenvalue weighted by Gasteiger charge is -2.23. The highest BCUT2D eigenvalue weighted by molar-refractivity contribution is 6.09. The molecule has 0 aliphatic rings. The second kappa shape index (κ2) is 12.4. The van der Waals surface area contributed by atoms with E-state index in [1.165, 1.54) is 19.1 Å². The van der Waals surface area contributed by atoms with Crippen LogP contribution < -0.4 is 10.1 Å². The minimum absolute atomic E-state index is 0.0209. The third-order valence-corrected chi connectivity index (χ3v) is 4.61. The van der Waals surface area contributed by atoms with Gasteiger partial charge in [0.25, 0.3) is 0 Å². The van der Waals surface area contributed by atoms with Crippen molar-refractivity contribution < 1.29 is 38.1 Å². The molecule has 200 valence electrons. The molecule has 0 fully saturated rings. The second-order valence-electron chi connectivity index (χ2n) is 10.5. The lowest BCUT2D eigenvalue weighted by Crippen LogP contribution is -2.43. The molecule has 0 heterocycles. The number of alkyl carbamates (subject to hydrolysis) is 1. The van der Waals surface area contributed by atoms with Gasteiger partial charge in [-0.25, -0.2) is 9.59 Å². The summed E-state index contributed by atoms with van der Waals surface area (Å²) in [5.74, 6) is -0.407. The minimum Gasteiger partial charge on any atom is -0.464 e. The molecule has 1 atom stereocenters. The van der Waals surface area contributed by atoms with E-state index in [9.17, 15) is 19.2 Å². The van der Waals surface area contributed by atoms with E-state index in [0.717, 1.165) is 5.56 Å². The first-order valence-electron chi connectivity index (χ1n) is 11.9. The van der Waals surface area contributed by atoms with Gasteiger partial charge in [0.15, 0.2) is 5.78 Å². The molecule has 0 aromatic heterocycles. The lowest BCUT2D eigenvalue weighted by molar-refractivity contribution is -0.141. The number of benzene rings is 2. The van der Waals surface area contributed by atoms with E-state index in [1.54, 1.807) is 77.9 Å². The van der Waals surface area contributed by atoms with E-state index in [-0.39, 0.29) is 18.1 Å². The summed E-state index contributed by atoms with van der Waals surface area (Å²) in [6.45, 7) is 11.7. The Bertz CT molecular complexity index is 1090. The zero-order valence-corrected chi connectivity index (χ0v) is 22.4. The number of rotatable bonds is 8. The molecule has 9 nitrogen and oxygen atoms in total.